The van der Waals surface area contributed by atoms with Gasteiger partial charge in [0, 0.05) is 20.1 Å². The second kappa shape index (κ2) is 7.16. The third-order valence-electron chi connectivity index (χ3n) is 2.97. The van der Waals surface area contributed by atoms with Crippen molar-refractivity contribution in [2.45, 2.75) is 39.7 Å². The molecule has 0 unspecified atom stereocenters. The quantitative estimate of drug-likeness (QED) is 0.746. The molecule has 0 spiro atoms. The van der Waals surface area contributed by atoms with Gasteiger partial charge in [0.25, 0.3) is 5.91 Å². The Hall–Kier alpha value is -1.36. The van der Waals surface area contributed by atoms with Crippen LogP contribution in [0.15, 0.2) is 6.07 Å². The maximum atomic E-state index is 12.2. The lowest BCUT2D eigenvalue weighted by Gasteiger charge is -2.17. The number of rotatable bonds is 7. The molecule has 0 fully saturated rings. The number of amides is 1. The van der Waals surface area contributed by atoms with Crippen molar-refractivity contribution < 1.29 is 4.79 Å². The minimum Gasteiger partial charge on any atom is -0.340 e. The average Bonchev–Trinajstić information content (AvgIpc) is 2.74. The number of unbranched alkanes of at least 4 members (excludes halogenated alkanes) is 2. The molecule has 2 N–H and O–H groups in total. The van der Waals surface area contributed by atoms with Crippen LogP contribution in [0.4, 0.5) is 0 Å². The third kappa shape index (κ3) is 3.84. The summed E-state index contributed by atoms with van der Waals surface area (Å²) in [5.41, 5.74) is 7.01. The van der Waals surface area contributed by atoms with Gasteiger partial charge in [-0.25, -0.2) is 0 Å². The van der Waals surface area contributed by atoms with E-state index in [2.05, 4.69) is 5.10 Å². The zero-order chi connectivity index (χ0) is 13.5. The standard InChI is InChI=1S/C13H24N4O/c1-4-17-12(10-11(2)15-17)13(18)16(3)9-7-5-6-8-14/h10H,4-9,14H2,1-3H3. The van der Waals surface area contributed by atoms with Gasteiger partial charge in [-0.2, -0.15) is 5.10 Å². The Morgan fingerprint density at radius 2 is 2.17 bits per heavy atom. The zero-order valence-electron chi connectivity index (χ0n) is 11.6. The van der Waals surface area contributed by atoms with Crippen molar-refractivity contribution in [1.29, 1.82) is 0 Å². The first-order valence-corrected chi connectivity index (χ1v) is 6.60. The molecule has 0 aliphatic heterocycles. The Balaban J connectivity index is 2.57. The van der Waals surface area contributed by atoms with Gasteiger partial charge < -0.3 is 10.6 Å². The topological polar surface area (TPSA) is 64.2 Å². The largest absolute Gasteiger partial charge is 0.340 e. The summed E-state index contributed by atoms with van der Waals surface area (Å²) < 4.78 is 1.76. The molecule has 0 aromatic carbocycles. The fraction of sp³-hybridized carbons (Fsp3) is 0.692. The van der Waals surface area contributed by atoms with E-state index in [1.54, 1.807) is 9.58 Å². The van der Waals surface area contributed by atoms with Crippen LogP contribution in [-0.4, -0.2) is 40.7 Å². The van der Waals surface area contributed by atoms with Crippen LogP contribution in [0.2, 0.25) is 0 Å². The summed E-state index contributed by atoms with van der Waals surface area (Å²) in [6.45, 7) is 6.11. The summed E-state index contributed by atoms with van der Waals surface area (Å²) in [5.74, 6) is 0.0465. The van der Waals surface area contributed by atoms with Crippen LogP contribution in [0.5, 0.6) is 0 Å². The Kier molecular flexibility index (Phi) is 5.85. The average molecular weight is 252 g/mol. The monoisotopic (exact) mass is 252 g/mol. The third-order valence-corrected chi connectivity index (χ3v) is 2.97. The van der Waals surface area contributed by atoms with Crippen LogP contribution in [0.25, 0.3) is 0 Å². The fourth-order valence-corrected chi connectivity index (χ4v) is 1.93. The Labute approximate surface area is 109 Å². The number of aromatic nitrogens is 2. The lowest BCUT2D eigenvalue weighted by molar-refractivity contribution is 0.0780. The van der Waals surface area contributed by atoms with E-state index in [0.29, 0.717) is 5.69 Å². The fourth-order valence-electron chi connectivity index (χ4n) is 1.93. The van der Waals surface area contributed by atoms with Crippen molar-refractivity contribution in [3.63, 3.8) is 0 Å². The zero-order valence-corrected chi connectivity index (χ0v) is 11.6. The molecule has 0 aliphatic carbocycles. The van der Waals surface area contributed by atoms with Gasteiger partial charge in [0.2, 0.25) is 0 Å². The Morgan fingerprint density at radius 3 is 2.78 bits per heavy atom. The van der Waals surface area contributed by atoms with E-state index < -0.39 is 0 Å². The molecule has 0 radical (unpaired) electrons. The van der Waals surface area contributed by atoms with Gasteiger partial charge in [0.15, 0.2) is 0 Å². The number of aryl methyl sites for hydroxylation is 2. The second-order valence-electron chi connectivity index (χ2n) is 4.56. The lowest BCUT2D eigenvalue weighted by atomic mass is 10.2. The van der Waals surface area contributed by atoms with Crippen molar-refractivity contribution in [3.05, 3.63) is 17.5 Å². The van der Waals surface area contributed by atoms with E-state index in [9.17, 15) is 4.79 Å². The van der Waals surface area contributed by atoms with Crippen molar-refractivity contribution in [1.82, 2.24) is 14.7 Å². The van der Waals surface area contributed by atoms with Crippen molar-refractivity contribution in [2.24, 2.45) is 5.73 Å². The second-order valence-corrected chi connectivity index (χ2v) is 4.56. The van der Waals surface area contributed by atoms with E-state index in [1.807, 2.05) is 27.0 Å². The molecule has 0 saturated carbocycles. The highest BCUT2D eigenvalue weighted by atomic mass is 16.2. The normalized spacial score (nSPS) is 10.7. The van der Waals surface area contributed by atoms with Crippen LogP contribution in [0, 0.1) is 6.92 Å². The van der Waals surface area contributed by atoms with Crippen molar-refractivity contribution in [3.8, 4) is 0 Å². The molecule has 5 nitrogen and oxygen atoms in total. The van der Waals surface area contributed by atoms with E-state index in [0.717, 1.165) is 44.6 Å². The van der Waals surface area contributed by atoms with Gasteiger partial charge in [-0.3, -0.25) is 9.48 Å². The number of carbonyl (C=O) groups is 1. The molecule has 0 atom stereocenters. The smallest absolute Gasteiger partial charge is 0.271 e. The number of hydrogen-bond donors (Lipinski definition) is 1. The van der Waals surface area contributed by atoms with Crippen LogP contribution in [-0.2, 0) is 6.54 Å². The summed E-state index contributed by atoms with van der Waals surface area (Å²) in [7, 11) is 1.84. The van der Waals surface area contributed by atoms with E-state index in [4.69, 9.17) is 5.73 Å². The minimum absolute atomic E-state index is 0.0465. The molecule has 1 heterocycles. The molecule has 1 amide bonds. The molecule has 0 saturated heterocycles. The highest BCUT2D eigenvalue weighted by Crippen LogP contribution is 2.08. The molecular formula is C13H24N4O. The maximum absolute atomic E-state index is 12.2. The van der Waals surface area contributed by atoms with Gasteiger partial charge in [0.05, 0.1) is 5.69 Å². The molecule has 1 aromatic rings. The predicted molar refractivity (Wildman–Crippen MR) is 72.5 cm³/mol. The first kappa shape index (κ1) is 14.7. The van der Waals surface area contributed by atoms with Crippen molar-refractivity contribution >= 4 is 5.91 Å². The SMILES string of the molecule is CCn1nc(C)cc1C(=O)N(C)CCCCCN. The molecule has 102 valence electrons. The highest BCUT2D eigenvalue weighted by Gasteiger charge is 2.16. The lowest BCUT2D eigenvalue weighted by Crippen LogP contribution is -2.29. The summed E-state index contributed by atoms with van der Waals surface area (Å²) in [4.78, 5) is 14.0. The van der Waals surface area contributed by atoms with Crippen LogP contribution >= 0.6 is 0 Å². The van der Waals surface area contributed by atoms with Crippen LogP contribution < -0.4 is 5.73 Å². The van der Waals surface area contributed by atoms with Crippen LogP contribution in [0.3, 0.4) is 0 Å². The summed E-state index contributed by atoms with van der Waals surface area (Å²) in [6, 6.07) is 1.85. The molecule has 1 rings (SSSR count). The maximum Gasteiger partial charge on any atom is 0.271 e. The number of carbonyl (C=O) groups excluding carboxylic acids is 1. The van der Waals surface area contributed by atoms with Gasteiger partial charge in [0.1, 0.15) is 5.69 Å². The first-order chi connectivity index (χ1) is 8.60. The molecule has 0 aliphatic rings. The summed E-state index contributed by atoms with van der Waals surface area (Å²) >= 11 is 0. The highest BCUT2D eigenvalue weighted by molar-refractivity contribution is 5.92. The molecule has 1 aromatic heterocycles. The van der Waals surface area contributed by atoms with Gasteiger partial charge in [-0.05, 0) is 39.3 Å². The first-order valence-electron chi connectivity index (χ1n) is 6.60. The minimum atomic E-state index is 0.0465. The van der Waals surface area contributed by atoms with Crippen molar-refractivity contribution in [2.75, 3.05) is 20.1 Å². The molecule has 18 heavy (non-hydrogen) atoms. The van der Waals surface area contributed by atoms with Gasteiger partial charge in [-0.1, -0.05) is 6.42 Å². The number of nitrogens with two attached hydrogens (primary N) is 1. The Morgan fingerprint density at radius 1 is 1.44 bits per heavy atom. The number of hydrogen-bond acceptors (Lipinski definition) is 3. The molecule has 5 heteroatoms. The summed E-state index contributed by atoms with van der Waals surface area (Å²) in [6.07, 6.45) is 3.09. The molecule has 0 bridgehead atoms. The summed E-state index contributed by atoms with van der Waals surface area (Å²) in [5, 5.41) is 4.29. The van der Waals surface area contributed by atoms with E-state index in [-0.39, 0.29) is 5.91 Å². The predicted octanol–water partition coefficient (Wildman–Crippen LogP) is 1.41. The molecular weight excluding hydrogens is 228 g/mol. The number of nitrogens with zero attached hydrogens (tertiary/aromatic N) is 3. The Bertz CT molecular complexity index is 386. The van der Waals surface area contributed by atoms with Gasteiger partial charge in [-0.15, -0.1) is 0 Å². The van der Waals surface area contributed by atoms with Crippen LogP contribution in [0.1, 0.15) is 42.4 Å². The van der Waals surface area contributed by atoms with E-state index >= 15 is 0 Å². The van der Waals surface area contributed by atoms with Gasteiger partial charge >= 0.3 is 0 Å². The van der Waals surface area contributed by atoms with E-state index in [1.165, 1.54) is 0 Å².